The third kappa shape index (κ3) is 3.81. The maximum absolute atomic E-state index is 6.23. The normalized spacial score (nSPS) is 12.3. The summed E-state index contributed by atoms with van der Waals surface area (Å²) in [6.45, 7) is 8.37. The van der Waals surface area contributed by atoms with Gasteiger partial charge in [-0.2, -0.15) is 0 Å². The van der Waals surface area contributed by atoms with Crippen molar-refractivity contribution in [2.24, 2.45) is 0 Å². The lowest BCUT2D eigenvalue weighted by Gasteiger charge is -2.15. The molecule has 3 nitrogen and oxygen atoms in total. The molecule has 0 atom stereocenters. The van der Waals surface area contributed by atoms with Gasteiger partial charge in [0.2, 0.25) is 0 Å². The first-order valence-electron chi connectivity index (χ1n) is 6.25. The Morgan fingerprint density at radius 1 is 1.42 bits per heavy atom. The highest BCUT2D eigenvalue weighted by atomic mass is 79.9. The van der Waals surface area contributed by atoms with Gasteiger partial charge in [0.15, 0.2) is 0 Å². The molecule has 2 rings (SSSR count). The van der Waals surface area contributed by atoms with Crippen LogP contribution in [0.3, 0.4) is 0 Å². The van der Waals surface area contributed by atoms with Crippen LogP contribution in [0.2, 0.25) is 30.7 Å². The highest BCUT2D eigenvalue weighted by Crippen LogP contribution is 2.29. The van der Waals surface area contributed by atoms with E-state index < -0.39 is 8.07 Å². The van der Waals surface area contributed by atoms with Crippen LogP contribution in [0.5, 0.6) is 0 Å². The number of hydrogen-bond acceptors (Lipinski definition) is 2. The third-order valence-corrected chi connectivity index (χ3v) is 5.85. The number of fused-ring (bicyclic) bond motifs is 1. The van der Waals surface area contributed by atoms with Crippen LogP contribution in [0.1, 0.15) is 0 Å². The molecule has 104 valence electrons. The van der Waals surface area contributed by atoms with Crippen molar-refractivity contribution < 1.29 is 4.74 Å². The molecule has 0 unspecified atom stereocenters. The van der Waals surface area contributed by atoms with E-state index in [1.54, 1.807) is 6.20 Å². The molecule has 2 aromatic rings. The van der Waals surface area contributed by atoms with Crippen LogP contribution in [-0.2, 0) is 11.5 Å². The summed E-state index contributed by atoms with van der Waals surface area (Å²) in [6, 6.07) is 3.14. The van der Waals surface area contributed by atoms with E-state index in [9.17, 15) is 0 Å². The maximum atomic E-state index is 6.23. The molecule has 0 N–H and O–H groups in total. The number of aromatic nitrogens is 2. The average molecular weight is 362 g/mol. The van der Waals surface area contributed by atoms with Crippen molar-refractivity contribution in [1.29, 1.82) is 0 Å². The fraction of sp³-hybridized carbons (Fsp3) is 0.462. The van der Waals surface area contributed by atoms with Crippen molar-refractivity contribution in [3.8, 4) is 0 Å². The van der Waals surface area contributed by atoms with E-state index in [4.69, 9.17) is 16.3 Å². The van der Waals surface area contributed by atoms with Crippen LogP contribution in [-0.4, -0.2) is 24.2 Å². The van der Waals surface area contributed by atoms with Crippen LogP contribution in [0.4, 0.5) is 0 Å². The van der Waals surface area contributed by atoms with Crippen molar-refractivity contribution in [3.63, 3.8) is 0 Å². The van der Waals surface area contributed by atoms with Gasteiger partial charge in [-0.15, -0.1) is 0 Å². The number of ether oxygens (including phenoxy) is 1. The molecule has 0 aliphatic carbocycles. The molecule has 0 fully saturated rings. The van der Waals surface area contributed by atoms with E-state index in [-0.39, 0.29) is 0 Å². The number of pyridine rings is 1. The molecule has 0 aliphatic rings. The van der Waals surface area contributed by atoms with E-state index in [1.807, 2.05) is 16.8 Å². The summed E-state index contributed by atoms with van der Waals surface area (Å²) >= 11 is 9.61. The van der Waals surface area contributed by atoms with Gasteiger partial charge < -0.3 is 9.30 Å². The monoisotopic (exact) mass is 360 g/mol. The second-order valence-corrected chi connectivity index (χ2v) is 12.6. The second-order valence-electron chi connectivity index (χ2n) is 5.79. The Balaban J connectivity index is 2.04. The SMILES string of the molecule is C[Si](C)(C)CCOCn1ccc2c(Cl)c(Br)cnc21. The van der Waals surface area contributed by atoms with Gasteiger partial charge in [-0.3, -0.25) is 0 Å². The van der Waals surface area contributed by atoms with Crippen molar-refractivity contribution >= 4 is 46.6 Å². The van der Waals surface area contributed by atoms with Gasteiger partial charge >= 0.3 is 0 Å². The molecule has 2 aromatic heterocycles. The predicted molar refractivity (Wildman–Crippen MR) is 86.5 cm³/mol. The highest BCUT2D eigenvalue weighted by molar-refractivity contribution is 9.10. The third-order valence-electron chi connectivity index (χ3n) is 2.91. The summed E-state index contributed by atoms with van der Waals surface area (Å²) in [7, 11) is -1.03. The molecule has 0 bridgehead atoms. The highest BCUT2D eigenvalue weighted by Gasteiger charge is 2.13. The van der Waals surface area contributed by atoms with Crippen molar-refractivity contribution in [2.45, 2.75) is 32.4 Å². The summed E-state index contributed by atoms with van der Waals surface area (Å²) in [6.07, 6.45) is 3.69. The van der Waals surface area contributed by atoms with Crippen LogP contribution in [0, 0.1) is 0 Å². The minimum Gasteiger partial charge on any atom is -0.361 e. The maximum Gasteiger partial charge on any atom is 0.143 e. The zero-order valence-electron chi connectivity index (χ0n) is 11.4. The number of halogens is 2. The molecular weight excluding hydrogens is 344 g/mol. The Labute approximate surface area is 128 Å². The first-order valence-corrected chi connectivity index (χ1v) is 11.1. The lowest BCUT2D eigenvalue weighted by atomic mass is 10.3. The summed E-state index contributed by atoms with van der Waals surface area (Å²) in [5, 5.41) is 1.65. The Bertz CT molecular complexity index is 580. The predicted octanol–water partition coefficient (Wildman–Crippen LogP) is 4.76. The fourth-order valence-corrected chi connectivity index (χ4v) is 3.00. The summed E-state index contributed by atoms with van der Waals surface area (Å²) in [5.74, 6) is 0. The Kier molecular flexibility index (Phi) is 4.71. The van der Waals surface area contributed by atoms with Crippen LogP contribution < -0.4 is 0 Å². The Morgan fingerprint density at radius 3 is 2.84 bits per heavy atom. The summed E-state index contributed by atoms with van der Waals surface area (Å²) in [5.41, 5.74) is 0.862. The molecule has 0 radical (unpaired) electrons. The molecule has 0 aromatic carbocycles. The molecule has 6 heteroatoms. The zero-order chi connectivity index (χ0) is 14.0. The van der Waals surface area contributed by atoms with Crippen LogP contribution in [0.15, 0.2) is 22.9 Å². The van der Waals surface area contributed by atoms with Gasteiger partial charge in [0, 0.05) is 32.5 Å². The van der Waals surface area contributed by atoms with E-state index in [0.29, 0.717) is 11.8 Å². The lowest BCUT2D eigenvalue weighted by Crippen LogP contribution is -2.22. The van der Waals surface area contributed by atoms with E-state index in [2.05, 4.69) is 40.6 Å². The lowest BCUT2D eigenvalue weighted by molar-refractivity contribution is 0.0899. The van der Waals surface area contributed by atoms with Crippen LogP contribution >= 0.6 is 27.5 Å². The van der Waals surface area contributed by atoms with Gasteiger partial charge in [0.05, 0.1) is 9.50 Å². The van der Waals surface area contributed by atoms with Gasteiger partial charge in [0.25, 0.3) is 0 Å². The largest absolute Gasteiger partial charge is 0.361 e. The van der Waals surface area contributed by atoms with Gasteiger partial charge in [-0.1, -0.05) is 31.2 Å². The van der Waals surface area contributed by atoms with E-state index >= 15 is 0 Å². The number of nitrogens with zero attached hydrogens (tertiary/aromatic N) is 2. The summed E-state index contributed by atoms with van der Waals surface area (Å²) < 4.78 is 8.54. The average Bonchev–Trinajstić information content (AvgIpc) is 2.72. The first-order chi connectivity index (χ1) is 8.88. The molecular formula is C13H18BrClN2OSi. The molecule has 0 aliphatic heterocycles. The smallest absolute Gasteiger partial charge is 0.143 e. The molecule has 0 saturated carbocycles. The van der Waals surface area contributed by atoms with Crippen molar-refractivity contribution in [2.75, 3.05) is 6.61 Å². The standard InChI is InChI=1S/C13H18BrClN2OSi/c1-19(2,3)7-6-18-9-17-5-4-10-12(15)11(14)8-16-13(10)17/h4-5,8H,6-7,9H2,1-3H3. The van der Waals surface area contributed by atoms with Crippen LogP contribution in [0.25, 0.3) is 11.0 Å². The van der Waals surface area contributed by atoms with Gasteiger partial charge in [-0.25, -0.2) is 4.98 Å². The topological polar surface area (TPSA) is 27.1 Å². The number of hydrogen-bond donors (Lipinski definition) is 0. The second kappa shape index (κ2) is 5.95. The quantitative estimate of drug-likeness (QED) is 0.567. The minimum atomic E-state index is -1.03. The molecule has 0 amide bonds. The molecule has 0 spiro atoms. The molecule has 2 heterocycles. The van der Waals surface area contributed by atoms with Crippen molar-refractivity contribution in [3.05, 3.63) is 28.0 Å². The van der Waals surface area contributed by atoms with E-state index in [1.165, 1.54) is 6.04 Å². The zero-order valence-corrected chi connectivity index (χ0v) is 14.8. The number of rotatable bonds is 5. The van der Waals surface area contributed by atoms with Gasteiger partial charge in [0.1, 0.15) is 12.4 Å². The first kappa shape index (κ1) is 15.0. The minimum absolute atomic E-state index is 0.527. The van der Waals surface area contributed by atoms with E-state index in [0.717, 1.165) is 22.1 Å². The van der Waals surface area contributed by atoms with Crippen molar-refractivity contribution in [1.82, 2.24) is 9.55 Å². The van der Waals surface area contributed by atoms with Gasteiger partial charge in [-0.05, 0) is 28.0 Å². The molecule has 19 heavy (non-hydrogen) atoms. The molecule has 0 saturated heterocycles. The summed E-state index contributed by atoms with van der Waals surface area (Å²) in [4.78, 5) is 4.39. The Hall–Kier alpha value is -0.363. The fourth-order valence-electron chi connectivity index (χ4n) is 1.73. The Morgan fingerprint density at radius 2 is 2.16 bits per heavy atom.